The fourth-order valence-electron chi connectivity index (χ4n) is 1.12. The lowest BCUT2D eigenvalue weighted by Crippen LogP contribution is -2.30. The Morgan fingerprint density at radius 3 is 2.41 bits per heavy atom. The molecule has 0 saturated carbocycles. The first-order valence-electron chi connectivity index (χ1n) is 4.46. The van der Waals surface area contributed by atoms with E-state index in [0.29, 0.717) is 0 Å². The van der Waals surface area contributed by atoms with E-state index >= 15 is 0 Å². The molecule has 0 bridgehead atoms. The molecular weight excluding hydrogens is 247 g/mol. The Bertz CT molecular complexity index is 351. The van der Waals surface area contributed by atoms with Crippen molar-refractivity contribution in [3.8, 4) is 5.88 Å². The van der Waals surface area contributed by atoms with Crippen molar-refractivity contribution >= 4 is 5.69 Å². The molecule has 0 aliphatic heterocycles. The molecule has 0 unspecified atom stereocenters. The van der Waals surface area contributed by atoms with Gasteiger partial charge in [-0.3, -0.25) is 0 Å². The number of hydrogen-bond donors (Lipinski definition) is 0. The van der Waals surface area contributed by atoms with Gasteiger partial charge in [-0.25, -0.2) is 4.98 Å². The maximum absolute atomic E-state index is 12.1. The molecule has 8 heteroatoms. The van der Waals surface area contributed by atoms with Crippen molar-refractivity contribution in [1.82, 2.24) is 4.98 Å². The molecule has 0 aliphatic carbocycles. The van der Waals surface area contributed by atoms with Crippen LogP contribution in [0.4, 0.5) is 27.6 Å². The Labute approximate surface area is 93.8 Å². The van der Waals surface area contributed by atoms with Crippen molar-refractivity contribution in [2.75, 3.05) is 18.5 Å². The van der Waals surface area contributed by atoms with Crippen LogP contribution in [0, 0.1) is 0 Å². The summed E-state index contributed by atoms with van der Waals surface area (Å²) >= 11 is 0. The number of halogens is 5. The summed E-state index contributed by atoms with van der Waals surface area (Å²) in [5.74, 6) is -0.343. The summed E-state index contributed by atoms with van der Waals surface area (Å²) in [4.78, 5) is 4.36. The zero-order chi connectivity index (χ0) is 13.1. The predicted molar refractivity (Wildman–Crippen MR) is 50.2 cm³/mol. The number of ether oxygens (including phenoxy) is 1. The molecule has 0 aromatic carbocycles. The molecule has 0 saturated heterocycles. The van der Waals surface area contributed by atoms with Crippen LogP contribution >= 0.6 is 0 Å². The summed E-state index contributed by atoms with van der Waals surface area (Å²) in [5.41, 5.74) is 0.156. The fourth-order valence-corrected chi connectivity index (χ4v) is 1.12. The van der Waals surface area contributed by atoms with Crippen molar-refractivity contribution in [3.05, 3.63) is 18.3 Å². The van der Waals surface area contributed by atoms with E-state index in [1.165, 1.54) is 13.1 Å². The molecule has 0 amide bonds. The Hall–Kier alpha value is -1.60. The van der Waals surface area contributed by atoms with Crippen LogP contribution in [-0.4, -0.2) is 31.4 Å². The lowest BCUT2D eigenvalue weighted by Gasteiger charge is -2.20. The molecule has 3 nitrogen and oxygen atoms in total. The molecule has 1 rings (SSSR count). The van der Waals surface area contributed by atoms with Gasteiger partial charge in [0.1, 0.15) is 6.54 Å². The van der Waals surface area contributed by atoms with Gasteiger partial charge >= 0.3 is 12.8 Å². The van der Waals surface area contributed by atoms with Gasteiger partial charge in [-0.15, -0.1) is 0 Å². The fraction of sp³-hybridized carbons (Fsp3) is 0.444. The first-order valence-corrected chi connectivity index (χ1v) is 4.46. The Balaban J connectivity index is 2.67. The van der Waals surface area contributed by atoms with Gasteiger partial charge < -0.3 is 9.64 Å². The minimum Gasteiger partial charge on any atom is -0.417 e. The number of aromatic nitrogens is 1. The summed E-state index contributed by atoms with van der Waals surface area (Å²) in [6.45, 7) is -4.16. The topological polar surface area (TPSA) is 25.4 Å². The molecular formula is C9H9F5N2O. The molecule has 0 aliphatic rings. The maximum Gasteiger partial charge on any atom is 0.405 e. The Kier molecular flexibility index (Phi) is 4.08. The highest BCUT2D eigenvalue weighted by atomic mass is 19.4. The van der Waals surface area contributed by atoms with E-state index in [-0.39, 0.29) is 11.6 Å². The van der Waals surface area contributed by atoms with Crippen LogP contribution in [0.2, 0.25) is 0 Å². The molecule has 1 aromatic rings. The second kappa shape index (κ2) is 5.15. The highest BCUT2D eigenvalue weighted by Gasteiger charge is 2.29. The van der Waals surface area contributed by atoms with E-state index in [9.17, 15) is 22.0 Å². The van der Waals surface area contributed by atoms with E-state index in [1.54, 1.807) is 0 Å². The zero-order valence-corrected chi connectivity index (χ0v) is 8.71. The molecule has 1 heterocycles. The average Bonchev–Trinajstić information content (AvgIpc) is 2.15. The standard InChI is InChI=1S/C9H9F5N2O/c1-16(5-9(12,13)14)6-2-3-7(15-4-6)17-8(10)11/h2-4,8H,5H2,1H3. The van der Waals surface area contributed by atoms with Crippen LogP contribution < -0.4 is 9.64 Å². The number of alkyl halides is 5. The molecule has 17 heavy (non-hydrogen) atoms. The average molecular weight is 256 g/mol. The van der Waals surface area contributed by atoms with E-state index in [1.807, 2.05) is 0 Å². The number of pyridine rings is 1. The first kappa shape index (κ1) is 13.5. The molecule has 0 fully saturated rings. The highest BCUT2D eigenvalue weighted by Crippen LogP contribution is 2.21. The lowest BCUT2D eigenvalue weighted by molar-refractivity contribution is -0.119. The van der Waals surface area contributed by atoms with Gasteiger partial charge in [0.05, 0.1) is 11.9 Å². The summed E-state index contributed by atoms with van der Waals surface area (Å²) in [6.07, 6.45) is -3.31. The third-order valence-electron chi connectivity index (χ3n) is 1.79. The second-order valence-electron chi connectivity index (χ2n) is 3.20. The van der Waals surface area contributed by atoms with Gasteiger partial charge in [0.15, 0.2) is 0 Å². The quantitative estimate of drug-likeness (QED) is 0.774. The van der Waals surface area contributed by atoms with Crippen LogP contribution in [0.15, 0.2) is 18.3 Å². The minimum absolute atomic E-state index is 0.156. The monoisotopic (exact) mass is 256 g/mol. The minimum atomic E-state index is -4.34. The smallest absolute Gasteiger partial charge is 0.405 e. The van der Waals surface area contributed by atoms with Gasteiger partial charge in [-0.2, -0.15) is 22.0 Å². The van der Waals surface area contributed by atoms with Gasteiger partial charge in [-0.1, -0.05) is 0 Å². The van der Waals surface area contributed by atoms with E-state index < -0.39 is 19.3 Å². The number of anilines is 1. The number of hydrogen-bond acceptors (Lipinski definition) is 3. The summed E-state index contributed by atoms with van der Waals surface area (Å²) < 4.78 is 63.7. The van der Waals surface area contributed by atoms with E-state index in [4.69, 9.17) is 0 Å². The van der Waals surface area contributed by atoms with Crippen LogP contribution in [-0.2, 0) is 0 Å². The molecule has 0 atom stereocenters. The summed E-state index contributed by atoms with van der Waals surface area (Å²) in [5, 5.41) is 0. The summed E-state index contributed by atoms with van der Waals surface area (Å²) in [6, 6.07) is 2.30. The number of nitrogens with zero attached hydrogens (tertiary/aromatic N) is 2. The highest BCUT2D eigenvalue weighted by molar-refractivity contribution is 5.44. The van der Waals surface area contributed by atoms with Crippen LogP contribution in [0.1, 0.15) is 0 Å². The van der Waals surface area contributed by atoms with Crippen molar-refractivity contribution in [2.24, 2.45) is 0 Å². The molecule has 0 radical (unpaired) electrons. The Morgan fingerprint density at radius 1 is 1.35 bits per heavy atom. The van der Waals surface area contributed by atoms with Crippen molar-refractivity contribution in [3.63, 3.8) is 0 Å². The second-order valence-corrected chi connectivity index (χ2v) is 3.20. The van der Waals surface area contributed by atoms with Crippen molar-refractivity contribution in [2.45, 2.75) is 12.8 Å². The largest absolute Gasteiger partial charge is 0.417 e. The lowest BCUT2D eigenvalue weighted by atomic mass is 10.3. The van der Waals surface area contributed by atoms with E-state index in [0.717, 1.165) is 17.2 Å². The molecule has 0 N–H and O–H groups in total. The normalized spacial score (nSPS) is 11.7. The van der Waals surface area contributed by atoms with Crippen molar-refractivity contribution in [1.29, 1.82) is 0 Å². The third-order valence-corrected chi connectivity index (χ3v) is 1.79. The van der Waals surface area contributed by atoms with Crippen LogP contribution in [0.5, 0.6) is 5.88 Å². The zero-order valence-electron chi connectivity index (χ0n) is 8.71. The Morgan fingerprint density at radius 2 is 2.00 bits per heavy atom. The van der Waals surface area contributed by atoms with Crippen molar-refractivity contribution < 1.29 is 26.7 Å². The third kappa shape index (κ3) is 4.83. The van der Waals surface area contributed by atoms with Gasteiger partial charge in [-0.05, 0) is 6.07 Å². The van der Waals surface area contributed by atoms with Gasteiger partial charge in [0.2, 0.25) is 5.88 Å². The predicted octanol–water partition coefficient (Wildman–Crippen LogP) is 2.68. The summed E-state index contributed by atoms with van der Waals surface area (Å²) in [7, 11) is 1.22. The first-order chi connectivity index (χ1) is 7.78. The van der Waals surface area contributed by atoms with Crippen LogP contribution in [0.25, 0.3) is 0 Å². The van der Waals surface area contributed by atoms with Crippen LogP contribution in [0.3, 0.4) is 0 Å². The molecule has 1 aromatic heterocycles. The maximum atomic E-state index is 12.1. The molecule has 96 valence electrons. The van der Waals surface area contributed by atoms with E-state index in [2.05, 4.69) is 9.72 Å². The number of rotatable bonds is 4. The van der Waals surface area contributed by atoms with Gasteiger partial charge in [0, 0.05) is 13.1 Å². The molecule has 0 spiro atoms. The SMILES string of the molecule is CN(CC(F)(F)F)c1ccc(OC(F)F)nc1. The van der Waals surface area contributed by atoms with Gasteiger partial charge in [0.25, 0.3) is 0 Å².